The standard InChI is InChI=1S/C23H22F2N2O2/c24-17-9-7-15(12-18(17)25)16-8-10-21-19(13-16)26-22(29-21)20-6-3-11-27(20)23(28)14-4-1-2-5-14/h7-10,12-14,20H,1-6,11H2. The molecule has 1 atom stereocenters. The summed E-state index contributed by atoms with van der Waals surface area (Å²) in [7, 11) is 0. The SMILES string of the molecule is O=C(C1CCCC1)N1CCCC1c1nc2cc(-c3ccc(F)c(F)c3)ccc2o1. The fraction of sp³-hybridized carbons (Fsp3) is 0.391. The molecule has 4 nitrogen and oxygen atoms in total. The Labute approximate surface area is 167 Å². The molecule has 1 unspecified atom stereocenters. The van der Waals surface area contributed by atoms with Crippen LogP contribution in [0.3, 0.4) is 0 Å². The van der Waals surface area contributed by atoms with Crippen LogP contribution in [-0.4, -0.2) is 22.3 Å². The topological polar surface area (TPSA) is 46.3 Å². The van der Waals surface area contributed by atoms with Crippen molar-refractivity contribution in [2.45, 2.75) is 44.6 Å². The van der Waals surface area contributed by atoms with E-state index < -0.39 is 11.6 Å². The van der Waals surface area contributed by atoms with E-state index in [2.05, 4.69) is 4.98 Å². The first kappa shape index (κ1) is 18.3. The number of hydrogen-bond donors (Lipinski definition) is 0. The fourth-order valence-corrected chi connectivity index (χ4v) is 4.64. The van der Waals surface area contributed by atoms with Gasteiger partial charge in [0.25, 0.3) is 0 Å². The fourth-order valence-electron chi connectivity index (χ4n) is 4.64. The van der Waals surface area contributed by atoms with Gasteiger partial charge >= 0.3 is 0 Å². The molecule has 6 heteroatoms. The molecule has 1 saturated heterocycles. The highest BCUT2D eigenvalue weighted by Gasteiger charge is 2.37. The van der Waals surface area contributed by atoms with Gasteiger partial charge in [-0.25, -0.2) is 13.8 Å². The quantitative estimate of drug-likeness (QED) is 0.577. The van der Waals surface area contributed by atoms with Gasteiger partial charge in [0.2, 0.25) is 11.8 Å². The summed E-state index contributed by atoms with van der Waals surface area (Å²) in [6.07, 6.45) is 6.01. The Kier molecular flexibility index (Phi) is 4.57. The van der Waals surface area contributed by atoms with Crippen LogP contribution in [0.4, 0.5) is 8.78 Å². The molecule has 5 rings (SSSR count). The monoisotopic (exact) mass is 396 g/mol. The van der Waals surface area contributed by atoms with Gasteiger partial charge in [-0.1, -0.05) is 25.0 Å². The Bertz CT molecular complexity index is 1070. The molecule has 2 aromatic carbocycles. The van der Waals surface area contributed by atoms with Crippen LogP contribution in [0, 0.1) is 17.6 Å². The van der Waals surface area contributed by atoms with E-state index in [1.54, 1.807) is 18.2 Å². The van der Waals surface area contributed by atoms with Crippen molar-refractivity contribution >= 4 is 17.0 Å². The Balaban J connectivity index is 1.45. The highest BCUT2D eigenvalue weighted by Crippen LogP contribution is 2.37. The molecule has 0 bridgehead atoms. The smallest absolute Gasteiger partial charge is 0.226 e. The minimum atomic E-state index is -0.879. The van der Waals surface area contributed by atoms with E-state index in [0.717, 1.165) is 56.7 Å². The molecule has 1 aliphatic carbocycles. The average Bonchev–Trinajstić information content (AvgIpc) is 3.48. The number of nitrogens with zero attached hydrogens (tertiary/aromatic N) is 2. The first-order valence-corrected chi connectivity index (χ1v) is 10.3. The number of aromatic nitrogens is 1. The van der Waals surface area contributed by atoms with Gasteiger partial charge in [0.15, 0.2) is 17.2 Å². The predicted molar refractivity (Wildman–Crippen MR) is 105 cm³/mol. The third-order valence-electron chi connectivity index (χ3n) is 6.18. The van der Waals surface area contributed by atoms with E-state index in [-0.39, 0.29) is 17.9 Å². The van der Waals surface area contributed by atoms with Crippen molar-refractivity contribution in [3.8, 4) is 11.1 Å². The number of hydrogen-bond acceptors (Lipinski definition) is 3. The molecule has 0 spiro atoms. The Morgan fingerprint density at radius 2 is 1.72 bits per heavy atom. The second kappa shape index (κ2) is 7.25. The predicted octanol–water partition coefficient (Wildman–Crippen LogP) is 5.63. The number of amides is 1. The lowest BCUT2D eigenvalue weighted by atomic mass is 10.1. The summed E-state index contributed by atoms with van der Waals surface area (Å²) >= 11 is 0. The van der Waals surface area contributed by atoms with Crippen LogP contribution in [0.1, 0.15) is 50.5 Å². The molecule has 0 N–H and O–H groups in total. The lowest BCUT2D eigenvalue weighted by molar-refractivity contribution is -0.136. The van der Waals surface area contributed by atoms with Gasteiger partial charge in [0.1, 0.15) is 11.6 Å². The van der Waals surface area contributed by atoms with Crippen molar-refractivity contribution in [3.05, 3.63) is 53.9 Å². The third kappa shape index (κ3) is 3.30. The molecule has 150 valence electrons. The summed E-state index contributed by atoms with van der Waals surface area (Å²) in [4.78, 5) is 19.5. The maximum atomic E-state index is 13.6. The molecule has 1 amide bonds. The summed E-state index contributed by atoms with van der Waals surface area (Å²) in [5.74, 6) is -0.816. The molecule has 3 aromatic rings. The highest BCUT2D eigenvalue weighted by molar-refractivity contribution is 5.81. The molecule has 1 saturated carbocycles. The Morgan fingerprint density at radius 1 is 0.966 bits per heavy atom. The number of halogens is 2. The molecule has 29 heavy (non-hydrogen) atoms. The number of oxazole rings is 1. The zero-order chi connectivity index (χ0) is 20.0. The molecule has 2 fully saturated rings. The van der Waals surface area contributed by atoms with Crippen molar-refractivity contribution in [3.63, 3.8) is 0 Å². The third-order valence-corrected chi connectivity index (χ3v) is 6.18. The molecular formula is C23H22F2N2O2. The van der Waals surface area contributed by atoms with E-state index in [1.807, 2.05) is 11.0 Å². The van der Waals surface area contributed by atoms with Crippen LogP contribution < -0.4 is 0 Å². The second-order valence-corrected chi connectivity index (χ2v) is 8.03. The number of carbonyl (C=O) groups excluding carboxylic acids is 1. The summed E-state index contributed by atoms with van der Waals surface area (Å²) < 4.78 is 32.8. The van der Waals surface area contributed by atoms with Crippen LogP contribution in [0.15, 0.2) is 40.8 Å². The molecule has 1 aromatic heterocycles. The molecule has 2 aliphatic rings. The first-order chi connectivity index (χ1) is 14.1. The lowest BCUT2D eigenvalue weighted by Crippen LogP contribution is -2.34. The van der Waals surface area contributed by atoms with Gasteiger partial charge in [0, 0.05) is 12.5 Å². The largest absolute Gasteiger partial charge is 0.438 e. The maximum absolute atomic E-state index is 13.6. The van der Waals surface area contributed by atoms with Gasteiger partial charge in [-0.3, -0.25) is 4.79 Å². The van der Waals surface area contributed by atoms with Crippen molar-refractivity contribution in [2.24, 2.45) is 5.92 Å². The molecular weight excluding hydrogens is 374 g/mol. The van der Waals surface area contributed by atoms with E-state index in [0.29, 0.717) is 22.6 Å². The minimum absolute atomic E-state index is 0.123. The number of fused-ring (bicyclic) bond motifs is 1. The number of benzene rings is 2. The van der Waals surface area contributed by atoms with Gasteiger partial charge in [-0.05, 0) is 61.1 Å². The lowest BCUT2D eigenvalue weighted by Gasteiger charge is -2.25. The zero-order valence-corrected chi connectivity index (χ0v) is 16.0. The van der Waals surface area contributed by atoms with Crippen molar-refractivity contribution < 1.29 is 18.0 Å². The second-order valence-electron chi connectivity index (χ2n) is 8.03. The zero-order valence-electron chi connectivity index (χ0n) is 16.0. The summed E-state index contributed by atoms with van der Waals surface area (Å²) in [5.41, 5.74) is 2.60. The van der Waals surface area contributed by atoms with Crippen molar-refractivity contribution in [2.75, 3.05) is 6.54 Å². The van der Waals surface area contributed by atoms with Crippen LogP contribution in [0.2, 0.25) is 0 Å². The van der Waals surface area contributed by atoms with E-state index >= 15 is 0 Å². The van der Waals surface area contributed by atoms with Crippen LogP contribution in [0.5, 0.6) is 0 Å². The average molecular weight is 396 g/mol. The number of likely N-dealkylation sites (tertiary alicyclic amines) is 1. The molecule has 1 aliphatic heterocycles. The van der Waals surface area contributed by atoms with Gasteiger partial charge < -0.3 is 9.32 Å². The van der Waals surface area contributed by atoms with E-state index in [1.165, 1.54) is 6.07 Å². The highest BCUT2D eigenvalue weighted by atomic mass is 19.2. The first-order valence-electron chi connectivity index (χ1n) is 10.3. The Hall–Kier alpha value is -2.76. The maximum Gasteiger partial charge on any atom is 0.226 e. The summed E-state index contributed by atoms with van der Waals surface area (Å²) in [6.45, 7) is 0.749. The Morgan fingerprint density at radius 3 is 2.52 bits per heavy atom. The van der Waals surface area contributed by atoms with Crippen molar-refractivity contribution in [1.82, 2.24) is 9.88 Å². The van der Waals surface area contributed by atoms with Crippen LogP contribution in [0.25, 0.3) is 22.2 Å². The van der Waals surface area contributed by atoms with Crippen LogP contribution in [-0.2, 0) is 4.79 Å². The minimum Gasteiger partial charge on any atom is -0.438 e. The van der Waals surface area contributed by atoms with Crippen LogP contribution >= 0.6 is 0 Å². The van der Waals surface area contributed by atoms with E-state index in [9.17, 15) is 13.6 Å². The number of carbonyl (C=O) groups is 1. The summed E-state index contributed by atoms with van der Waals surface area (Å²) in [6, 6.07) is 9.12. The molecule has 2 heterocycles. The summed E-state index contributed by atoms with van der Waals surface area (Å²) in [5, 5.41) is 0. The van der Waals surface area contributed by atoms with Gasteiger partial charge in [-0.15, -0.1) is 0 Å². The van der Waals surface area contributed by atoms with Crippen molar-refractivity contribution in [1.29, 1.82) is 0 Å². The van der Waals surface area contributed by atoms with Gasteiger partial charge in [-0.2, -0.15) is 0 Å². The molecule has 0 radical (unpaired) electrons. The van der Waals surface area contributed by atoms with Gasteiger partial charge in [0.05, 0.1) is 0 Å². The number of rotatable bonds is 3. The normalized spacial score (nSPS) is 20.1. The van der Waals surface area contributed by atoms with E-state index in [4.69, 9.17) is 4.42 Å².